The monoisotopic (exact) mass is 339 g/mol. The fraction of sp³-hybridized carbons (Fsp3) is 0.526. The van der Waals surface area contributed by atoms with E-state index >= 15 is 0 Å². The molecule has 1 saturated heterocycles. The highest BCUT2D eigenvalue weighted by atomic mass is 16.5. The summed E-state index contributed by atoms with van der Waals surface area (Å²) in [6.45, 7) is 3.78. The first-order valence-corrected chi connectivity index (χ1v) is 9.20. The van der Waals surface area contributed by atoms with Crippen LogP contribution in [0.5, 0.6) is 6.01 Å². The lowest BCUT2D eigenvalue weighted by molar-refractivity contribution is 0.377. The molecule has 0 radical (unpaired) electrons. The van der Waals surface area contributed by atoms with E-state index in [1.165, 1.54) is 36.8 Å². The molecule has 0 saturated carbocycles. The Morgan fingerprint density at radius 1 is 0.800 bits per heavy atom. The van der Waals surface area contributed by atoms with Crippen LogP contribution in [0.15, 0.2) is 24.3 Å². The molecule has 1 fully saturated rings. The maximum Gasteiger partial charge on any atom is 0.322 e. The molecule has 0 unspecified atom stereocenters. The molecule has 0 amide bonds. The SMILES string of the molecule is COc1nc(N2CCCCCC2)nc(N2CCc3ccccc3C2)n1. The van der Waals surface area contributed by atoms with Gasteiger partial charge in [-0.15, -0.1) is 0 Å². The van der Waals surface area contributed by atoms with Crippen molar-refractivity contribution in [2.45, 2.75) is 38.6 Å². The molecule has 6 nitrogen and oxygen atoms in total. The number of anilines is 2. The van der Waals surface area contributed by atoms with Gasteiger partial charge in [-0.05, 0) is 30.4 Å². The smallest absolute Gasteiger partial charge is 0.322 e. The lowest BCUT2D eigenvalue weighted by atomic mass is 10.0. The van der Waals surface area contributed by atoms with E-state index in [1.54, 1.807) is 7.11 Å². The Morgan fingerprint density at radius 2 is 1.48 bits per heavy atom. The van der Waals surface area contributed by atoms with E-state index in [4.69, 9.17) is 9.72 Å². The zero-order chi connectivity index (χ0) is 17.1. The average Bonchev–Trinajstić information content (AvgIpc) is 2.97. The minimum Gasteiger partial charge on any atom is -0.467 e. The van der Waals surface area contributed by atoms with E-state index in [2.05, 4.69) is 44.0 Å². The number of hydrogen-bond donors (Lipinski definition) is 0. The maximum atomic E-state index is 5.36. The minimum atomic E-state index is 0.406. The van der Waals surface area contributed by atoms with E-state index in [1.807, 2.05) is 0 Å². The number of fused-ring (bicyclic) bond motifs is 1. The number of hydrogen-bond acceptors (Lipinski definition) is 6. The van der Waals surface area contributed by atoms with Crippen LogP contribution >= 0.6 is 0 Å². The number of ether oxygens (including phenoxy) is 1. The third-order valence-electron chi connectivity index (χ3n) is 5.08. The molecule has 6 heteroatoms. The van der Waals surface area contributed by atoms with Crippen LogP contribution in [0.2, 0.25) is 0 Å². The molecule has 0 atom stereocenters. The number of nitrogens with zero attached hydrogens (tertiary/aromatic N) is 5. The summed E-state index contributed by atoms with van der Waals surface area (Å²) in [5.74, 6) is 1.48. The first-order chi connectivity index (χ1) is 12.3. The molecule has 2 aliphatic rings. The van der Waals surface area contributed by atoms with Crippen molar-refractivity contribution in [3.8, 4) is 6.01 Å². The Morgan fingerprint density at radius 3 is 2.20 bits per heavy atom. The first-order valence-electron chi connectivity index (χ1n) is 9.20. The van der Waals surface area contributed by atoms with Gasteiger partial charge in [-0.3, -0.25) is 0 Å². The van der Waals surface area contributed by atoms with Crippen LogP contribution in [0, 0.1) is 0 Å². The van der Waals surface area contributed by atoms with Crippen molar-refractivity contribution in [2.75, 3.05) is 36.5 Å². The molecule has 25 heavy (non-hydrogen) atoms. The number of aromatic nitrogens is 3. The highest BCUT2D eigenvalue weighted by molar-refractivity contribution is 5.44. The fourth-order valence-corrected chi connectivity index (χ4v) is 3.65. The maximum absolute atomic E-state index is 5.36. The van der Waals surface area contributed by atoms with Gasteiger partial charge in [-0.25, -0.2) is 0 Å². The summed E-state index contributed by atoms with van der Waals surface area (Å²) in [5, 5.41) is 0. The van der Waals surface area contributed by atoms with Crippen LogP contribution < -0.4 is 14.5 Å². The second-order valence-electron chi connectivity index (χ2n) is 6.76. The van der Waals surface area contributed by atoms with Gasteiger partial charge in [0.1, 0.15) is 0 Å². The summed E-state index contributed by atoms with van der Waals surface area (Å²) in [4.78, 5) is 18.3. The highest BCUT2D eigenvalue weighted by Gasteiger charge is 2.22. The molecular formula is C19H25N5O. The molecular weight excluding hydrogens is 314 g/mol. The number of methoxy groups -OCH3 is 1. The van der Waals surface area contributed by atoms with Gasteiger partial charge in [-0.1, -0.05) is 37.1 Å². The normalized spacial score (nSPS) is 17.8. The van der Waals surface area contributed by atoms with E-state index < -0.39 is 0 Å². The van der Waals surface area contributed by atoms with E-state index in [-0.39, 0.29) is 0 Å². The van der Waals surface area contributed by atoms with Crippen LogP contribution in [0.3, 0.4) is 0 Å². The summed E-state index contributed by atoms with van der Waals surface area (Å²) < 4.78 is 5.36. The van der Waals surface area contributed by atoms with Gasteiger partial charge in [0.25, 0.3) is 0 Å². The number of benzene rings is 1. The van der Waals surface area contributed by atoms with Crippen LogP contribution in [0.4, 0.5) is 11.9 Å². The Labute approximate surface area is 148 Å². The molecule has 0 aliphatic carbocycles. The second-order valence-corrected chi connectivity index (χ2v) is 6.76. The minimum absolute atomic E-state index is 0.406. The molecule has 2 aromatic rings. The zero-order valence-electron chi connectivity index (χ0n) is 14.8. The van der Waals surface area contributed by atoms with Gasteiger partial charge >= 0.3 is 6.01 Å². The summed E-state index contributed by atoms with van der Waals surface area (Å²) in [6, 6.07) is 9.01. The molecule has 2 aliphatic heterocycles. The molecule has 132 valence electrons. The highest BCUT2D eigenvalue weighted by Crippen LogP contribution is 2.25. The predicted molar refractivity (Wildman–Crippen MR) is 98.3 cm³/mol. The van der Waals surface area contributed by atoms with Crippen molar-refractivity contribution in [3.05, 3.63) is 35.4 Å². The Kier molecular flexibility index (Phi) is 4.68. The Bertz CT molecular complexity index is 728. The lowest BCUT2D eigenvalue weighted by Crippen LogP contribution is -2.33. The zero-order valence-corrected chi connectivity index (χ0v) is 14.8. The first kappa shape index (κ1) is 16.1. The molecule has 0 bridgehead atoms. The summed E-state index contributed by atoms with van der Waals surface area (Å²) in [7, 11) is 1.62. The van der Waals surface area contributed by atoms with Gasteiger partial charge in [0, 0.05) is 26.2 Å². The van der Waals surface area contributed by atoms with Gasteiger partial charge in [0.2, 0.25) is 11.9 Å². The van der Waals surface area contributed by atoms with Crippen LogP contribution in [0.25, 0.3) is 0 Å². The molecule has 3 heterocycles. The van der Waals surface area contributed by atoms with Crippen LogP contribution in [0.1, 0.15) is 36.8 Å². The molecule has 0 N–H and O–H groups in total. The number of rotatable bonds is 3. The molecule has 1 aromatic carbocycles. The van der Waals surface area contributed by atoms with E-state index in [0.29, 0.717) is 6.01 Å². The third-order valence-corrected chi connectivity index (χ3v) is 5.08. The van der Waals surface area contributed by atoms with Crippen LogP contribution in [-0.2, 0) is 13.0 Å². The van der Waals surface area contributed by atoms with Crippen molar-refractivity contribution < 1.29 is 4.74 Å². The predicted octanol–water partition coefficient (Wildman–Crippen LogP) is 2.82. The van der Waals surface area contributed by atoms with Crippen LogP contribution in [-0.4, -0.2) is 41.7 Å². The van der Waals surface area contributed by atoms with Gasteiger partial charge < -0.3 is 14.5 Å². The fourth-order valence-electron chi connectivity index (χ4n) is 3.65. The van der Waals surface area contributed by atoms with Crippen molar-refractivity contribution in [1.29, 1.82) is 0 Å². The van der Waals surface area contributed by atoms with Crippen molar-refractivity contribution in [2.24, 2.45) is 0 Å². The molecule has 0 spiro atoms. The topological polar surface area (TPSA) is 54.4 Å². The Hall–Kier alpha value is -2.37. The largest absolute Gasteiger partial charge is 0.467 e. The standard InChI is InChI=1S/C19H25N5O/c1-25-19-21-17(23-11-6-2-3-7-12-23)20-18(22-19)24-13-10-15-8-4-5-9-16(15)14-24/h4-5,8-9H,2-3,6-7,10-14H2,1H3. The quantitative estimate of drug-likeness (QED) is 0.857. The van der Waals surface area contributed by atoms with Gasteiger partial charge in [0.05, 0.1) is 7.11 Å². The average molecular weight is 339 g/mol. The lowest BCUT2D eigenvalue weighted by Gasteiger charge is -2.29. The van der Waals surface area contributed by atoms with E-state index in [0.717, 1.165) is 44.5 Å². The van der Waals surface area contributed by atoms with Crippen molar-refractivity contribution in [1.82, 2.24) is 15.0 Å². The van der Waals surface area contributed by atoms with E-state index in [9.17, 15) is 0 Å². The second kappa shape index (κ2) is 7.25. The van der Waals surface area contributed by atoms with Gasteiger partial charge in [0.15, 0.2) is 0 Å². The molecule has 4 rings (SSSR count). The summed E-state index contributed by atoms with van der Waals surface area (Å²) in [6.07, 6.45) is 5.98. The third kappa shape index (κ3) is 3.52. The summed E-state index contributed by atoms with van der Waals surface area (Å²) in [5.41, 5.74) is 2.77. The Balaban J connectivity index is 1.62. The summed E-state index contributed by atoms with van der Waals surface area (Å²) >= 11 is 0. The van der Waals surface area contributed by atoms with Crippen molar-refractivity contribution in [3.63, 3.8) is 0 Å². The molecule has 1 aromatic heterocycles. The van der Waals surface area contributed by atoms with Crippen molar-refractivity contribution >= 4 is 11.9 Å². The van der Waals surface area contributed by atoms with Gasteiger partial charge in [-0.2, -0.15) is 15.0 Å².